The first kappa shape index (κ1) is 26.3. The van der Waals surface area contributed by atoms with Crippen LogP contribution in [0.3, 0.4) is 0 Å². The normalized spacial score (nSPS) is 15.9. The SMILES string of the molecule is CCN(CC)C(CNC(=O)CCc1ccc(S(=O)(=O)N2CCOCC2)cc1)Cc1ccccc1. The molecule has 1 heterocycles. The molecule has 7 nitrogen and oxygen atoms in total. The molecule has 3 rings (SSSR count). The summed E-state index contributed by atoms with van der Waals surface area (Å²) in [6.07, 6.45) is 1.83. The predicted octanol–water partition coefficient (Wildman–Crippen LogP) is 2.71. The number of rotatable bonds is 12. The second-order valence-electron chi connectivity index (χ2n) is 8.53. The third-order valence-electron chi connectivity index (χ3n) is 6.35. The Hall–Kier alpha value is -2.26. The molecule has 1 saturated heterocycles. The molecule has 0 aliphatic carbocycles. The van der Waals surface area contributed by atoms with Crippen LogP contribution in [0, 0.1) is 0 Å². The Morgan fingerprint density at radius 2 is 1.65 bits per heavy atom. The fraction of sp³-hybridized carbons (Fsp3) is 0.500. The lowest BCUT2D eigenvalue weighted by atomic mass is 10.0. The van der Waals surface area contributed by atoms with Gasteiger partial charge in [0.25, 0.3) is 0 Å². The number of benzene rings is 2. The molecule has 1 aliphatic heterocycles. The van der Waals surface area contributed by atoms with E-state index in [4.69, 9.17) is 4.74 Å². The fourth-order valence-electron chi connectivity index (χ4n) is 4.30. The van der Waals surface area contributed by atoms with Crippen molar-refractivity contribution in [3.05, 3.63) is 65.7 Å². The number of amides is 1. The van der Waals surface area contributed by atoms with Gasteiger partial charge in [0.05, 0.1) is 18.1 Å². The van der Waals surface area contributed by atoms with E-state index in [1.807, 2.05) is 18.2 Å². The van der Waals surface area contributed by atoms with Gasteiger partial charge in [-0.15, -0.1) is 0 Å². The van der Waals surface area contributed by atoms with E-state index >= 15 is 0 Å². The highest BCUT2D eigenvalue weighted by molar-refractivity contribution is 7.89. The standard InChI is InChI=1S/C26H37N3O4S/c1-3-28(4-2)24(20-23-8-6-5-7-9-23)21-27-26(30)15-12-22-10-13-25(14-11-22)34(31,32)29-16-18-33-19-17-29/h5-11,13-14,24H,3-4,12,15-21H2,1-2H3,(H,27,30). The first-order valence-corrected chi connectivity index (χ1v) is 13.6. The maximum atomic E-state index is 12.8. The minimum absolute atomic E-state index is 0.00947. The lowest BCUT2D eigenvalue weighted by Gasteiger charge is -2.30. The second-order valence-corrected chi connectivity index (χ2v) is 10.5. The second kappa shape index (κ2) is 13.0. The summed E-state index contributed by atoms with van der Waals surface area (Å²) in [5.41, 5.74) is 2.21. The zero-order chi connectivity index (χ0) is 24.4. The van der Waals surface area contributed by atoms with E-state index in [1.165, 1.54) is 9.87 Å². The number of hydrogen-bond donors (Lipinski definition) is 1. The highest BCUT2D eigenvalue weighted by Crippen LogP contribution is 2.18. The van der Waals surface area contributed by atoms with Crippen LogP contribution in [-0.4, -0.2) is 75.5 Å². The van der Waals surface area contributed by atoms with Gasteiger partial charge in [-0.25, -0.2) is 8.42 Å². The third-order valence-corrected chi connectivity index (χ3v) is 8.26. The monoisotopic (exact) mass is 487 g/mol. The summed E-state index contributed by atoms with van der Waals surface area (Å²) < 4.78 is 32.2. The molecular formula is C26H37N3O4S. The highest BCUT2D eigenvalue weighted by atomic mass is 32.2. The molecule has 1 unspecified atom stereocenters. The first-order valence-electron chi connectivity index (χ1n) is 12.2. The fourth-order valence-corrected chi connectivity index (χ4v) is 5.71. The predicted molar refractivity (Wildman–Crippen MR) is 134 cm³/mol. The Labute approximate surface area is 204 Å². The van der Waals surface area contributed by atoms with E-state index in [2.05, 4.69) is 36.2 Å². The van der Waals surface area contributed by atoms with Crippen LogP contribution >= 0.6 is 0 Å². The molecule has 0 spiro atoms. The Bertz CT molecular complexity index is 986. The van der Waals surface area contributed by atoms with Gasteiger partial charge in [-0.1, -0.05) is 56.3 Å². The Kier molecular flexibility index (Phi) is 10.1. The van der Waals surface area contributed by atoms with Crippen LogP contribution in [0.2, 0.25) is 0 Å². The van der Waals surface area contributed by atoms with Crippen LogP contribution in [0.15, 0.2) is 59.5 Å². The van der Waals surface area contributed by atoms with E-state index in [1.54, 1.807) is 24.3 Å². The summed E-state index contributed by atoms with van der Waals surface area (Å²) in [6.45, 7) is 8.36. The number of nitrogens with one attached hydrogen (secondary N) is 1. The molecule has 2 aromatic carbocycles. The number of aryl methyl sites for hydroxylation is 1. The Balaban J connectivity index is 1.51. The van der Waals surface area contributed by atoms with E-state index < -0.39 is 10.0 Å². The number of hydrogen-bond acceptors (Lipinski definition) is 5. The van der Waals surface area contributed by atoms with Gasteiger partial charge in [0, 0.05) is 32.1 Å². The van der Waals surface area contributed by atoms with E-state index in [9.17, 15) is 13.2 Å². The van der Waals surface area contributed by atoms with Gasteiger partial charge in [0.1, 0.15) is 0 Å². The zero-order valence-electron chi connectivity index (χ0n) is 20.3. The molecule has 0 saturated carbocycles. The number of carbonyl (C=O) groups excluding carboxylic acids is 1. The van der Waals surface area contributed by atoms with Crippen molar-refractivity contribution in [3.8, 4) is 0 Å². The van der Waals surface area contributed by atoms with Crippen molar-refractivity contribution >= 4 is 15.9 Å². The number of sulfonamides is 1. The molecule has 1 aliphatic rings. The van der Waals surface area contributed by atoms with Gasteiger partial charge in [-0.05, 0) is 49.2 Å². The summed E-state index contributed by atoms with van der Waals surface area (Å²) in [6, 6.07) is 17.5. The Morgan fingerprint density at radius 1 is 1.00 bits per heavy atom. The molecule has 1 fully saturated rings. The van der Waals surface area contributed by atoms with Gasteiger partial charge in [0.15, 0.2) is 0 Å². The smallest absolute Gasteiger partial charge is 0.243 e. The minimum Gasteiger partial charge on any atom is -0.379 e. The average molecular weight is 488 g/mol. The summed E-state index contributed by atoms with van der Waals surface area (Å²) in [5.74, 6) is 0.00947. The maximum Gasteiger partial charge on any atom is 0.243 e. The minimum atomic E-state index is -3.50. The van der Waals surface area contributed by atoms with E-state index in [-0.39, 0.29) is 16.8 Å². The number of carbonyl (C=O) groups is 1. The van der Waals surface area contributed by atoms with E-state index in [0.29, 0.717) is 45.7 Å². The maximum absolute atomic E-state index is 12.8. The largest absolute Gasteiger partial charge is 0.379 e. The number of nitrogens with zero attached hydrogens (tertiary/aromatic N) is 2. The highest BCUT2D eigenvalue weighted by Gasteiger charge is 2.26. The molecular weight excluding hydrogens is 450 g/mol. The van der Waals surface area contributed by atoms with E-state index in [0.717, 1.165) is 25.1 Å². The van der Waals surface area contributed by atoms with Crippen molar-refractivity contribution in [1.29, 1.82) is 0 Å². The first-order chi connectivity index (χ1) is 16.4. The molecule has 1 amide bonds. The number of ether oxygens (including phenoxy) is 1. The van der Waals surface area contributed by atoms with Gasteiger partial charge in [-0.3, -0.25) is 9.69 Å². The zero-order valence-corrected chi connectivity index (χ0v) is 21.1. The van der Waals surface area contributed by atoms with Crippen molar-refractivity contribution in [2.24, 2.45) is 0 Å². The topological polar surface area (TPSA) is 79.0 Å². The molecule has 0 radical (unpaired) electrons. The van der Waals surface area contributed by atoms with Crippen molar-refractivity contribution < 1.29 is 17.9 Å². The molecule has 186 valence electrons. The summed E-state index contributed by atoms with van der Waals surface area (Å²) in [7, 11) is -3.50. The number of likely N-dealkylation sites (N-methyl/N-ethyl adjacent to an activating group) is 1. The molecule has 1 atom stereocenters. The summed E-state index contributed by atoms with van der Waals surface area (Å²) in [5, 5.41) is 3.11. The molecule has 8 heteroatoms. The number of morpholine rings is 1. The quantitative estimate of drug-likeness (QED) is 0.498. The van der Waals surface area contributed by atoms with Gasteiger partial charge >= 0.3 is 0 Å². The van der Waals surface area contributed by atoms with Gasteiger partial charge in [0.2, 0.25) is 15.9 Å². The van der Waals surface area contributed by atoms with Crippen LogP contribution in [0.25, 0.3) is 0 Å². The summed E-state index contributed by atoms with van der Waals surface area (Å²) >= 11 is 0. The third kappa shape index (κ3) is 7.37. The van der Waals surface area contributed by atoms with Crippen molar-refractivity contribution in [2.75, 3.05) is 45.9 Å². The molecule has 2 aromatic rings. The molecule has 0 aromatic heterocycles. The van der Waals surface area contributed by atoms with Gasteiger partial charge in [-0.2, -0.15) is 4.31 Å². The van der Waals surface area contributed by atoms with Crippen LogP contribution < -0.4 is 5.32 Å². The lowest BCUT2D eigenvalue weighted by molar-refractivity contribution is -0.121. The van der Waals surface area contributed by atoms with Crippen LogP contribution in [-0.2, 0) is 32.4 Å². The lowest BCUT2D eigenvalue weighted by Crippen LogP contribution is -2.45. The van der Waals surface area contributed by atoms with Crippen LogP contribution in [0.4, 0.5) is 0 Å². The van der Waals surface area contributed by atoms with Crippen molar-refractivity contribution in [1.82, 2.24) is 14.5 Å². The molecule has 1 N–H and O–H groups in total. The van der Waals surface area contributed by atoms with Crippen molar-refractivity contribution in [2.45, 2.75) is 44.0 Å². The summed E-state index contributed by atoms with van der Waals surface area (Å²) in [4.78, 5) is 15.2. The van der Waals surface area contributed by atoms with Gasteiger partial charge < -0.3 is 10.1 Å². The van der Waals surface area contributed by atoms with Crippen LogP contribution in [0.5, 0.6) is 0 Å². The Morgan fingerprint density at radius 3 is 2.26 bits per heavy atom. The molecule has 34 heavy (non-hydrogen) atoms. The average Bonchev–Trinajstić information content (AvgIpc) is 2.88. The molecule has 0 bridgehead atoms. The van der Waals surface area contributed by atoms with Crippen molar-refractivity contribution in [3.63, 3.8) is 0 Å². The van der Waals surface area contributed by atoms with Crippen LogP contribution in [0.1, 0.15) is 31.4 Å².